The van der Waals surface area contributed by atoms with E-state index in [1.807, 2.05) is 11.3 Å². The first-order valence-corrected chi connectivity index (χ1v) is 4.84. The molecule has 0 bridgehead atoms. The largest absolute Gasteiger partial charge is 0.312 e. The van der Waals surface area contributed by atoms with Crippen molar-refractivity contribution in [1.29, 1.82) is 0 Å². The fraction of sp³-hybridized carbons (Fsp3) is 0.625. The Bertz CT molecular complexity index is 236. The Morgan fingerprint density at radius 2 is 2.33 bits per heavy atom. The maximum Gasteiger partial charge on any atom is 0.0900 e. The second-order valence-electron chi connectivity index (χ2n) is 2.88. The van der Waals surface area contributed by atoms with Crippen LogP contribution >= 0.6 is 23.7 Å². The molecule has 68 valence electrons. The van der Waals surface area contributed by atoms with Crippen LogP contribution in [0.2, 0.25) is 0 Å². The van der Waals surface area contributed by atoms with Crippen molar-refractivity contribution in [3.63, 3.8) is 0 Å². The van der Waals surface area contributed by atoms with Gasteiger partial charge in [0.2, 0.25) is 0 Å². The average Bonchev–Trinajstić information content (AvgIpc) is 2.17. The zero-order chi connectivity index (χ0) is 7.68. The molecule has 0 fully saturated rings. The lowest BCUT2D eigenvalue weighted by atomic mass is 10.2. The summed E-state index contributed by atoms with van der Waals surface area (Å²) in [5.74, 6) is 0. The molecular weight excluding hydrogens is 192 g/mol. The van der Waals surface area contributed by atoms with E-state index in [1.165, 1.54) is 22.0 Å². The van der Waals surface area contributed by atoms with Crippen molar-refractivity contribution >= 4 is 23.7 Å². The smallest absolute Gasteiger partial charge is 0.0900 e. The van der Waals surface area contributed by atoms with Crippen LogP contribution in [-0.2, 0) is 13.0 Å². The number of aromatic nitrogens is 1. The molecule has 0 atom stereocenters. The molecular formula is C8H13ClN2S. The third-order valence-electron chi connectivity index (χ3n) is 1.94. The summed E-state index contributed by atoms with van der Waals surface area (Å²) in [5, 5.41) is 4.59. The Hall–Kier alpha value is -0.120. The van der Waals surface area contributed by atoms with Gasteiger partial charge in [0.1, 0.15) is 0 Å². The molecule has 0 aliphatic carbocycles. The molecule has 0 amide bonds. The second kappa shape index (κ2) is 4.21. The van der Waals surface area contributed by atoms with Gasteiger partial charge in [-0.1, -0.05) is 0 Å². The van der Waals surface area contributed by atoms with Crippen LogP contribution in [0.4, 0.5) is 0 Å². The number of fused-ring (bicyclic) bond motifs is 1. The summed E-state index contributed by atoms with van der Waals surface area (Å²) >= 11 is 1.83. The quantitative estimate of drug-likeness (QED) is 0.699. The minimum atomic E-state index is 0. The molecule has 0 unspecified atom stereocenters. The van der Waals surface area contributed by atoms with Crippen molar-refractivity contribution in [3.05, 3.63) is 15.6 Å². The normalized spacial score (nSPS) is 16.1. The van der Waals surface area contributed by atoms with Gasteiger partial charge in [0, 0.05) is 11.4 Å². The number of hydrogen-bond acceptors (Lipinski definition) is 3. The van der Waals surface area contributed by atoms with Crippen molar-refractivity contribution in [3.8, 4) is 0 Å². The number of rotatable bonds is 0. The van der Waals surface area contributed by atoms with Gasteiger partial charge in [0.05, 0.1) is 10.7 Å². The van der Waals surface area contributed by atoms with E-state index in [9.17, 15) is 0 Å². The van der Waals surface area contributed by atoms with Crippen LogP contribution in [0.25, 0.3) is 0 Å². The Labute approximate surface area is 82.8 Å². The fourth-order valence-corrected chi connectivity index (χ4v) is 2.38. The number of nitrogens with zero attached hydrogens (tertiary/aromatic N) is 1. The zero-order valence-corrected chi connectivity index (χ0v) is 8.73. The number of thiazole rings is 1. The lowest BCUT2D eigenvalue weighted by molar-refractivity contribution is 0.682. The molecule has 0 radical (unpaired) electrons. The zero-order valence-electron chi connectivity index (χ0n) is 7.09. The Balaban J connectivity index is 0.000000720. The van der Waals surface area contributed by atoms with E-state index in [2.05, 4.69) is 17.2 Å². The highest BCUT2D eigenvalue weighted by Crippen LogP contribution is 2.20. The van der Waals surface area contributed by atoms with E-state index in [-0.39, 0.29) is 12.4 Å². The molecule has 0 spiro atoms. The third-order valence-corrected chi connectivity index (χ3v) is 2.95. The molecule has 4 heteroatoms. The van der Waals surface area contributed by atoms with Crippen LogP contribution in [0.5, 0.6) is 0 Å². The molecule has 1 aromatic rings. The van der Waals surface area contributed by atoms with E-state index < -0.39 is 0 Å². The number of nitrogens with one attached hydrogen (secondary N) is 1. The summed E-state index contributed by atoms with van der Waals surface area (Å²) in [7, 11) is 0. The molecule has 2 rings (SSSR count). The summed E-state index contributed by atoms with van der Waals surface area (Å²) < 4.78 is 0. The first kappa shape index (κ1) is 9.96. The van der Waals surface area contributed by atoms with Gasteiger partial charge in [-0.25, -0.2) is 4.98 Å². The molecule has 1 N–H and O–H groups in total. The topological polar surface area (TPSA) is 24.9 Å². The summed E-state index contributed by atoms with van der Waals surface area (Å²) in [6, 6.07) is 0. The van der Waals surface area contributed by atoms with Gasteiger partial charge in [-0.05, 0) is 26.3 Å². The van der Waals surface area contributed by atoms with Gasteiger partial charge < -0.3 is 5.32 Å². The monoisotopic (exact) mass is 204 g/mol. The van der Waals surface area contributed by atoms with E-state index in [4.69, 9.17) is 0 Å². The van der Waals surface area contributed by atoms with Crippen molar-refractivity contribution in [2.45, 2.75) is 26.3 Å². The van der Waals surface area contributed by atoms with E-state index in [1.54, 1.807) is 0 Å². The number of halogens is 1. The molecule has 2 nitrogen and oxygen atoms in total. The lowest BCUT2D eigenvalue weighted by Gasteiger charge is -1.94. The lowest BCUT2D eigenvalue weighted by Crippen LogP contribution is -2.11. The average molecular weight is 205 g/mol. The van der Waals surface area contributed by atoms with E-state index >= 15 is 0 Å². The Kier molecular flexibility index (Phi) is 3.50. The minimum Gasteiger partial charge on any atom is -0.312 e. The molecule has 1 aliphatic rings. The predicted octanol–water partition coefficient (Wildman–Crippen LogP) is 1.91. The summed E-state index contributed by atoms with van der Waals surface area (Å²) in [4.78, 5) is 5.93. The van der Waals surface area contributed by atoms with Crippen LogP contribution in [0.1, 0.15) is 22.0 Å². The molecule has 1 aliphatic heterocycles. The van der Waals surface area contributed by atoms with Crippen LogP contribution < -0.4 is 5.32 Å². The highest BCUT2D eigenvalue weighted by atomic mass is 35.5. The van der Waals surface area contributed by atoms with E-state index in [0.717, 1.165) is 19.5 Å². The van der Waals surface area contributed by atoms with Crippen molar-refractivity contribution in [1.82, 2.24) is 10.3 Å². The third kappa shape index (κ3) is 1.97. The molecule has 0 saturated carbocycles. The molecule has 1 aromatic heterocycles. The minimum absolute atomic E-state index is 0. The first-order chi connectivity index (χ1) is 5.36. The molecule has 12 heavy (non-hydrogen) atoms. The highest BCUT2D eigenvalue weighted by Gasteiger charge is 2.10. The summed E-state index contributed by atoms with van der Waals surface area (Å²) in [6.45, 7) is 4.25. The van der Waals surface area contributed by atoms with Crippen LogP contribution in [0, 0.1) is 6.92 Å². The molecule has 2 heterocycles. The second-order valence-corrected chi connectivity index (χ2v) is 4.17. The van der Waals surface area contributed by atoms with E-state index in [0.29, 0.717) is 0 Å². The van der Waals surface area contributed by atoms with Gasteiger partial charge in [0.15, 0.2) is 0 Å². The number of aryl methyl sites for hydroxylation is 2. The van der Waals surface area contributed by atoms with Crippen LogP contribution in [0.15, 0.2) is 0 Å². The van der Waals surface area contributed by atoms with Gasteiger partial charge in [0.25, 0.3) is 0 Å². The highest BCUT2D eigenvalue weighted by molar-refractivity contribution is 7.11. The summed E-state index contributed by atoms with van der Waals surface area (Å²) in [6.07, 6.45) is 2.39. The fourth-order valence-electron chi connectivity index (χ4n) is 1.43. The maximum absolute atomic E-state index is 4.49. The van der Waals surface area contributed by atoms with Crippen LogP contribution in [-0.4, -0.2) is 11.5 Å². The molecule has 0 saturated heterocycles. The predicted molar refractivity (Wildman–Crippen MR) is 54.1 cm³/mol. The van der Waals surface area contributed by atoms with Crippen molar-refractivity contribution in [2.75, 3.05) is 6.54 Å². The number of hydrogen-bond donors (Lipinski definition) is 1. The van der Waals surface area contributed by atoms with Crippen molar-refractivity contribution < 1.29 is 0 Å². The Morgan fingerprint density at radius 1 is 1.50 bits per heavy atom. The maximum atomic E-state index is 4.49. The summed E-state index contributed by atoms with van der Waals surface area (Å²) in [5.41, 5.74) is 1.33. The van der Waals surface area contributed by atoms with Crippen LogP contribution in [0.3, 0.4) is 0 Å². The van der Waals surface area contributed by atoms with Gasteiger partial charge in [-0.15, -0.1) is 23.7 Å². The van der Waals surface area contributed by atoms with Crippen molar-refractivity contribution in [2.24, 2.45) is 0 Å². The Morgan fingerprint density at radius 3 is 3.17 bits per heavy atom. The van der Waals surface area contributed by atoms with Gasteiger partial charge in [-0.2, -0.15) is 0 Å². The molecule has 0 aromatic carbocycles. The first-order valence-electron chi connectivity index (χ1n) is 4.02. The standard InChI is InChI=1S/C8H12N2S.ClH/c1-6-10-7-3-2-4-9-5-8(7)11-6;/h9H,2-5H2,1H3;1H. The van der Waals surface area contributed by atoms with Gasteiger partial charge in [-0.3, -0.25) is 0 Å². The SMILES string of the molecule is Cc1nc2c(s1)CNCCC2.Cl. The van der Waals surface area contributed by atoms with Gasteiger partial charge >= 0.3 is 0 Å².